The maximum atomic E-state index is 13.8. The number of hydrogen-bond donors (Lipinski definition) is 2. The average Bonchev–Trinajstić information content (AvgIpc) is 2.63. The van der Waals surface area contributed by atoms with Gasteiger partial charge in [-0.1, -0.05) is 29.3 Å². The molecular weight excluding hydrogens is 504 g/mol. The van der Waals surface area contributed by atoms with Crippen molar-refractivity contribution in [2.24, 2.45) is 0 Å². The highest BCUT2D eigenvalue weighted by Gasteiger charge is 2.78. The normalized spacial score (nSPS) is 13.2. The Bertz CT molecular complexity index is 1120. The number of carbonyl (C=O) groups is 1. The third-order valence-electron chi connectivity index (χ3n) is 3.77. The standard InChI is InChI=1S/C16H9Cl2F7N2O3S/c17-10-5-9(31(29,30)16(24,25)14(19,20)15(21,22)23)6-11(18)12(10)27-13(28)7-2-1-3-8(26)4-7/h1-6H,26H2,(H,27,28). The minimum Gasteiger partial charge on any atom is -0.399 e. The van der Waals surface area contributed by atoms with Gasteiger partial charge in [0, 0.05) is 11.3 Å². The average molecular weight is 513 g/mol. The molecule has 1 amide bonds. The molecule has 0 aliphatic carbocycles. The molecule has 0 aromatic heterocycles. The highest BCUT2D eigenvalue weighted by atomic mass is 35.5. The number of carbonyl (C=O) groups excluding carboxylic acids is 1. The molecule has 0 spiro atoms. The van der Waals surface area contributed by atoms with E-state index in [1.807, 2.05) is 0 Å². The van der Waals surface area contributed by atoms with Gasteiger partial charge in [-0.25, -0.2) is 8.42 Å². The highest BCUT2D eigenvalue weighted by Crippen LogP contribution is 2.51. The Labute approximate surface area is 179 Å². The van der Waals surface area contributed by atoms with E-state index < -0.39 is 53.7 Å². The van der Waals surface area contributed by atoms with Crippen molar-refractivity contribution >= 4 is 50.3 Å². The first-order valence-corrected chi connectivity index (χ1v) is 9.90. The summed E-state index contributed by atoms with van der Waals surface area (Å²) < 4.78 is 115. The molecule has 0 aliphatic heterocycles. The third kappa shape index (κ3) is 4.39. The fourth-order valence-electron chi connectivity index (χ4n) is 2.17. The lowest BCUT2D eigenvalue weighted by atomic mass is 10.2. The molecule has 0 heterocycles. The first-order chi connectivity index (χ1) is 13.9. The van der Waals surface area contributed by atoms with Crippen LogP contribution in [-0.4, -0.2) is 31.7 Å². The van der Waals surface area contributed by atoms with Crippen molar-refractivity contribution in [3.8, 4) is 0 Å². The number of hydrogen-bond acceptors (Lipinski definition) is 4. The Morgan fingerprint density at radius 1 is 0.935 bits per heavy atom. The van der Waals surface area contributed by atoms with Gasteiger partial charge in [0.15, 0.2) is 0 Å². The Balaban J connectivity index is 2.49. The summed E-state index contributed by atoms with van der Waals surface area (Å²) in [5.41, 5.74) is 5.18. The second-order valence-corrected chi connectivity index (χ2v) is 8.74. The van der Waals surface area contributed by atoms with Crippen molar-refractivity contribution in [3.05, 3.63) is 52.0 Å². The van der Waals surface area contributed by atoms with Crippen LogP contribution in [0.3, 0.4) is 0 Å². The van der Waals surface area contributed by atoms with Crippen molar-refractivity contribution in [3.63, 3.8) is 0 Å². The maximum Gasteiger partial charge on any atom is 0.461 e. The lowest BCUT2D eigenvalue weighted by molar-refractivity contribution is -0.332. The molecule has 2 rings (SSSR count). The van der Waals surface area contributed by atoms with E-state index in [0.29, 0.717) is 0 Å². The fourth-order valence-corrected chi connectivity index (χ4v) is 4.18. The van der Waals surface area contributed by atoms with Gasteiger partial charge in [-0.15, -0.1) is 0 Å². The summed E-state index contributed by atoms with van der Waals surface area (Å²) >= 11 is 11.4. The molecule has 0 atom stereocenters. The summed E-state index contributed by atoms with van der Waals surface area (Å²) in [7, 11) is -6.63. The zero-order chi connectivity index (χ0) is 24.0. The van der Waals surface area contributed by atoms with E-state index in [1.54, 1.807) is 0 Å². The molecule has 5 nitrogen and oxygen atoms in total. The van der Waals surface area contributed by atoms with Crippen LogP contribution in [0.5, 0.6) is 0 Å². The monoisotopic (exact) mass is 512 g/mol. The predicted octanol–water partition coefficient (Wildman–Crippen LogP) is 5.39. The van der Waals surface area contributed by atoms with Gasteiger partial charge in [-0.2, -0.15) is 30.7 Å². The Morgan fingerprint density at radius 3 is 1.90 bits per heavy atom. The number of alkyl halides is 7. The first kappa shape index (κ1) is 25.0. The second-order valence-electron chi connectivity index (χ2n) is 5.93. The third-order valence-corrected chi connectivity index (χ3v) is 6.16. The van der Waals surface area contributed by atoms with Crippen LogP contribution in [0, 0.1) is 0 Å². The van der Waals surface area contributed by atoms with Crippen LogP contribution in [0.15, 0.2) is 41.3 Å². The topological polar surface area (TPSA) is 89.3 Å². The number of amides is 1. The number of benzene rings is 2. The van der Waals surface area contributed by atoms with Gasteiger partial charge >= 0.3 is 17.4 Å². The number of halogens is 9. The molecule has 0 radical (unpaired) electrons. The molecule has 0 aliphatic rings. The summed E-state index contributed by atoms with van der Waals surface area (Å²) in [6.45, 7) is 0. The maximum absolute atomic E-state index is 13.8. The summed E-state index contributed by atoms with van der Waals surface area (Å²) in [4.78, 5) is 10.5. The summed E-state index contributed by atoms with van der Waals surface area (Å²) in [6, 6.07) is 5.71. The summed E-state index contributed by atoms with van der Waals surface area (Å²) in [5.74, 6) is -7.79. The molecule has 0 fully saturated rings. The number of rotatable bonds is 5. The van der Waals surface area contributed by atoms with Gasteiger partial charge in [-0.05, 0) is 30.3 Å². The van der Waals surface area contributed by atoms with Gasteiger partial charge in [-0.3, -0.25) is 4.79 Å². The van der Waals surface area contributed by atoms with Crippen molar-refractivity contribution in [2.75, 3.05) is 11.1 Å². The van der Waals surface area contributed by atoms with E-state index in [4.69, 9.17) is 28.9 Å². The molecule has 0 saturated heterocycles. The Morgan fingerprint density at radius 2 is 1.45 bits per heavy atom. The van der Waals surface area contributed by atoms with Crippen molar-refractivity contribution in [1.29, 1.82) is 0 Å². The number of anilines is 2. The smallest absolute Gasteiger partial charge is 0.399 e. The van der Waals surface area contributed by atoms with E-state index in [-0.39, 0.29) is 23.4 Å². The summed E-state index contributed by atoms with van der Waals surface area (Å²) in [6.07, 6.45) is -6.87. The van der Waals surface area contributed by atoms with Crippen molar-refractivity contribution < 1.29 is 43.9 Å². The van der Waals surface area contributed by atoms with E-state index >= 15 is 0 Å². The summed E-state index contributed by atoms with van der Waals surface area (Å²) in [5, 5.41) is -6.11. The first-order valence-electron chi connectivity index (χ1n) is 7.66. The van der Waals surface area contributed by atoms with Gasteiger partial charge < -0.3 is 11.1 Å². The van der Waals surface area contributed by atoms with Crippen molar-refractivity contribution in [2.45, 2.75) is 22.2 Å². The van der Waals surface area contributed by atoms with E-state index in [1.165, 1.54) is 24.3 Å². The number of sulfone groups is 1. The van der Waals surface area contributed by atoms with Gasteiger partial charge in [0.05, 0.1) is 20.6 Å². The van der Waals surface area contributed by atoms with Crippen LogP contribution in [0.25, 0.3) is 0 Å². The van der Waals surface area contributed by atoms with Gasteiger partial charge in [0.1, 0.15) is 0 Å². The fraction of sp³-hybridized carbons (Fsp3) is 0.188. The van der Waals surface area contributed by atoms with Gasteiger partial charge in [0.25, 0.3) is 5.91 Å². The number of nitrogen functional groups attached to an aromatic ring is 1. The van der Waals surface area contributed by atoms with Crippen LogP contribution in [-0.2, 0) is 9.84 Å². The Kier molecular flexibility index (Phi) is 6.47. The largest absolute Gasteiger partial charge is 0.461 e. The zero-order valence-electron chi connectivity index (χ0n) is 14.6. The van der Waals surface area contributed by atoms with Crippen LogP contribution < -0.4 is 11.1 Å². The molecule has 3 N–H and O–H groups in total. The van der Waals surface area contributed by atoms with Crippen LogP contribution >= 0.6 is 23.2 Å². The van der Waals surface area contributed by atoms with E-state index in [9.17, 15) is 43.9 Å². The van der Waals surface area contributed by atoms with Crippen molar-refractivity contribution in [1.82, 2.24) is 0 Å². The number of nitrogens with one attached hydrogen (secondary N) is 1. The zero-order valence-corrected chi connectivity index (χ0v) is 16.9. The van der Waals surface area contributed by atoms with Crippen LogP contribution in [0.2, 0.25) is 10.0 Å². The molecule has 0 saturated carbocycles. The molecule has 170 valence electrons. The molecule has 2 aromatic carbocycles. The molecule has 0 bridgehead atoms. The lowest BCUT2D eigenvalue weighted by Gasteiger charge is -2.28. The molecule has 31 heavy (non-hydrogen) atoms. The second kappa shape index (κ2) is 8.02. The predicted molar refractivity (Wildman–Crippen MR) is 98.4 cm³/mol. The quantitative estimate of drug-likeness (QED) is 0.415. The minimum atomic E-state index is -6.92. The van der Waals surface area contributed by atoms with Gasteiger partial charge in [0.2, 0.25) is 9.84 Å². The van der Waals surface area contributed by atoms with E-state index in [0.717, 1.165) is 0 Å². The molecular formula is C16H9Cl2F7N2O3S. The van der Waals surface area contributed by atoms with E-state index in [2.05, 4.69) is 5.32 Å². The molecule has 15 heteroatoms. The lowest BCUT2D eigenvalue weighted by Crippen LogP contribution is -2.55. The number of nitrogens with two attached hydrogens (primary N) is 1. The van der Waals surface area contributed by atoms with Crippen LogP contribution in [0.4, 0.5) is 42.1 Å². The van der Waals surface area contributed by atoms with Crippen LogP contribution in [0.1, 0.15) is 10.4 Å². The minimum absolute atomic E-state index is 0.0137. The molecule has 2 aromatic rings. The molecule has 0 unspecified atom stereocenters. The highest BCUT2D eigenvalue weighted by molar-refractivity contribution is 7.92. The SMILES string of the molecule is Nc1cccc(C(=O)Nc2c(Cl)cc(S(=O)(=O)C(F)(F)C(F)(F)C(F)(F)F)cc2Cl)c1. The Hall–Kier alpha value is -2.25.